The number of nitrogens with two attached hydrogens (primary N) is 1. The molecule has 0 radical (unpaired) electrons. The Bertz CT molecular complexity index is 1430. The highest BCUT2D eigenvalue weighted by Gasteiger charge is 2.24. The van der Waals surface area contributed by atoms with Gasteiger partial charge in [0.25, 0.3) is 0 Å². The molecule has 0 atom stereocenters. The number of likely N-dealkylation sites (tertiary alicyclic amines) is 1. The minimum absolute atomic E-state index is 0.115. The number of benzene rings is 2. The summed E-state index contributed by atoms with van der Waals surface area (Å²) in [6.07, 6.45) is 3.96. The molecule has 1 saturated heterocycles. The van der Waals surface area contributed by atoms with Crippen molar-refractivity contribution >= 4 is 93.2 Å². The number of piperidine rings is 1. The molecule has 0 aromatic heterocycles. The third-order valence-corrected chi connectivity index (χ3v) is 7.84. The first-order valence-electron chi connectivity index (χ1n) is 15.2. The van der Waals surface area contributed by atoms with Crippen molar-refractivity contribution in [2.24, 2.45) is 11.7 Å². The second-order valence-electron chi connectivity index (χ2n) is 11.1. The molecule has 0 aliphatic carbocycles. The van der Waals surface area contributed by atoms with E-state index in [2.05, 4.69) is 15.0 Å². The van der Waals surface area contributed by atoms with Gasteiger partial charge in [0.15, 0.2) is 0 Å². The summed E-state index contributed by atoms with van der Waals surface area (Å²) in [4.78, 5) is 25.8. The number of nitrogens with one attached hydrogen (secondary N) is 2. The Labute approximate surface area is 314 Å². The summed E-state index contributed by atoms with van der Waals surface area (Å²) >= 11 is 33.3. The quantitative estimate of drug-likeness (QED) is 0.0546. The number of hydrogen-bond acceptors (Lipinski definition) is 9. The molecule has 1 amide bonds. The summed E-state index contributed by atoms with van der Waals surface area (Å²) in [5.74, 6) is -0.220. The van der Waals surface area contributed by atoms with Gasteiger partial charge in [-0.05, 0) is 86.7 Å². The van der Waals surface area contributed by atoms with E-state index in [1.807, 2.05) is 24.3 Å². The number of ether oxygens (including phenoxy) is 4. The molecule has 2 aromatic rings. The standard InChI is InChI=1S/C32H37Cl6FN4O6/c33-31(34,35)19-48-28(44)4-1-3-27(40)22-5-7-23(8-6-22)47-18-21-11-14-43(15-12-21)13-2-16-46-24-9-10-25(26(39)17-24)29(41)42-30(45)49-20-32(36,37)38/h3,5-10,17,21H,1-2,4,11-16,18-20,40H2,(H2,41,42,45)/b27-3-. The van der Waals surface area contributed by atoms with Gasteiger partial charge < -0.3 is 29.6 Å². The van der Waals surface area contributed by atoms with E-state index in [0.717, 1.165) is 56.3 Å². The highest BCUT2D eigenvalue weighted by molar-refractivity contribution is 6.68. The van der Waals surface area contributed by atoms with Crippen molar-refractivity contribution in [2.75, 3.05) is 46.1 Å². The average molecular weight is 805 g/mol. The lowest BCUT2D eigenvalue weighted by Crippen LogP contribution is -2.36. The molecular weight excluding hydrogens is 768 g/mol. The minimum atomic E-state index is -1.80. The zero-order valence-electron chi connectivity index (χ0n) is 26.3. The summed E-state index contributed by atoms with van der Waals surface area (Å²) in [5, 5.41) is 10.00. The van der Waals surface area contributed by atoms with Crippen molar-refractivity contribution in [3.63, 3.8) is 0 Å². The van der Waals surface area contributed by atoms with Crippen LogP contribution in [0.15, 0.2) is 48.5 Å². The normalized spacial score (nSPS) is 14.6. The van der Waals surface area contributed by atoms with Gasteiger partial charge in [-0.1, -0.05) is 75.7 Å². The highest BCUT2D eigenvalue weighted by Crippen LogP contribution is 2.27. The maximum absolute atomic E-state index is 14.6. The first kappa shape index (κ1) is 41.0. The number of carbonyl (C=O) groups excluding carboxylic acids is 2. The van der Waals surface area contributed by atoms with E-state index >= 15 is 0 Å². The molecule has 2 aromatic carbocycles. The third-order valence-electron chi connectivity index (χ3n) is 7.18. The van der Waals surface area contributed by atoms with Crippen LogP contribution in [0.4, 0.5) is 9.18 Å². The van der Waals surface area contributed by atoms with Gasteiger partial charge in [-0.25, -0.2) is 9.18 Å². The number of amidine groups is 1. The van der Waals surface area contributed by atoms with Gasteiger partial charge in [0, 0.05) is 24.7 Å². The first-order chi connectivity index (χ1) is 23.1. The van der Waals surface area contributed by atoms with E-state index in [0.29, 0.717) is 37.0 Å². The summed E-state index contributed by atoms with van der Waals surface area (Å²) < 4.78 is 32.4. The zero-order chi connectivity index (χ0) is 36.0. The van der Waals surface area contributed by atoms with E-state index in [-0.39, 0.29) is 18.6 Å². The molecule has 17 heteroatoms. The number of halogens is 7. The Kier molecular flexibility index (Phi) is 16.6. The molecule has 1 aliphatic rings. The first-order valence-corrected chi connectivity index (χ1v) is 17.5. The molecule has 0 bridgehead atoms. The number of allylic oxidation sites excluding steroid dienone is 1. The predicted molar refractivity (Wildman–Crippen MR) is 192 cm³/mol. The molecular formula is C32H37Cl6FN4O6. The smallest absolute Gasteiger partial charge is 0.412 e. The molecule has 0 saturated carbocycles. The average Bonchev–Trinajstić information content (AvgIpc) is 3.04. The number of esters is 1. The highest BCUT2D eigenvalue weighted by atomic mass is 35.6. The summed E-state index contributed by atoms with van der Waals surface area (Å²) in [7, 11) is 0. The van der Waals surface area contributed by atoms with E-state index < -0.39 is 37.9 Å². The van der Waals surface area contributed by atoms with Crippen molar-refractivity contribution in [1.82, 2.24) is 10.2 Å². The van der Waals surface area contributed by atoms with Crippen LogP contribution < -0.4 is 20.5 Å². The van der Waals surface area contributed by atoms with Crippen LogP contribution in [0.1, 0.15) is 43.2 Å². The maximum Gasteiger partial charge on any atom is 0.412 e. The van der Waals surface area contributed by atoms with Gasteiger partial charge in [-0.15, -0.1) is 0 Å². The molecule has 4 N–H and O–H groups in total. The second kappa shape index (κ2) is 19.9. The lowest BCUT2D eigenvalue weighted by atomic mass is 9.97. The zero-order valence-corrected chi connectivity index (χ0v) is 30.8. The Morgan fingerprint density at radius 3 is 2.22 bits per heavy atom. The van der Waals surface area contributed by atoms with Gasteiger partial charge in [0.2, 0.25) is 7.59 Å². The van der Waals surface area contributed by atoms with Crippen LogP contribution in [0.5, 0.6) is 11.5 Å². The molecule has 0 unspecified atom stereocenters. The van der Waals surface area contributed by atoms with Crippen molar-refractivity contribution in [2.45, 2.75) is 39.7 Å². The summed E-state index contributed by atoms with van der Waals surface area (Å²) in [6.45, 7) is 2.88. The number of alkyl carbamates (subject to hydrolysis) is 1. The largest absolute Gasteiger partial charge is 0.493 e. The Morgan fingerprint density at radius 1 is 0.959 bits per heavy atom. The number of amides is 1. The molecule has 1 fully saturated rings. The second-order valence-corrected chi connectivity index (χ2v) is 16.2. The third kappa shape index (κ3) is 16.5. The van der Waals surface area contributed by atoms with Crippen LogP contribution in [-0.2, 0) is 14.3 Å². The Morgan fingerprint density at radius 2 is 1.59 bits per heavy atom. The summed E-state index contributed by atoms with van der Waals surface area (Å²) in [5.41, 5.74) is 7.36. The predicted octanol–water partition coefficient (Wildman–Crippen LogP) is 7.80. The van der Waals surface area contributed by atoms with Crippen LogP contribution >= 0.6 is 69.6 Å². The molecule has 3 rings (SSSR count). The van der Waals surface area contributed by atoms with Gasteiger partial charge in [0.1, 0.15) is 36.4 Å². The van der Waals surface area contributed by atoms with Gasteiger partial charge in [-0.3, -0.25) is 15.5 Å². The van der Waals surface area contributed by atoms with Crippen molar-refractivity contribution in [3.8, 4) is 11.5 Å². The number of alkyl halides is 6. The van der Waals surface area contributed by atoms with E-state index in [1.54, 1.807) is 6.08 Å². The molecule has 10 nitrogen and oxygen atoms in total. The lowest BCUT2D eigenvalue weighted by molar-refractivity contribution is -0.143. The topological polar surface area (TPSA) is 136 Å². The van der Waals surface area contributed by atoms with Crippen LogP contribution in [0.3, 0.4) is 0 Å². The molecule has 0 spiro atoms. The summed E-state index contributed by atoms with van der Waals surface area (Å²) in [6, 6.07) is 11.5. The van der Waals surface area contributed by atoms with Crippen molar-refractivity contribution < 1.29 is 32.9 Å². The lowest BCUT2D eigenvalue weighted by Gasteiger charge is -2.31. The number of hydrogen-bond donors (Lipinski definition) is 3. The van der Waals surface area contributed by atoms with Crippen LogP contribution in [-0.4, -0.2) is 76.4 Å². The van der Waals surface area contributed by atoms with Crippen LogP contribution in [0.2, 0.25) is 0 Å². The molecule has 1 heterocycles. The number of carbonyl (C=O) groups is 2. The molecule has 49 heavy (non-hydrogen) atoms. The van der Waals surface area contributed by atoms with Crippen molar-refractivity contribution in [1.29, 1.82) is 5.41 Å². The minimum Gasteiger partial charge on any atom is -0.493 e. The molecule has 270 valence electrons. The van der Waals surface area contributed by atoms with E-state index in [1.165, 1.54) is 12.1 Å². The van der Waals surface area contributed by atoms with Gasteiger partial charge in [-0.2, -0.15) is 0 Å². The van der Waals surface area contributed by atoms with Crippen LogP contribution in [0.25, 0.3) is 5.70 Å². The maximum atomic E-state index is 14.6. The fourth-order valence-corrected chi connectivity index (χ4v) is 4.98. The number of nitrogens with zero attached hydrogens (tertiary/aromatic N) is 1. The fourth-order valence-electron chi connectivity index (χ4n) is 4.65. The molecule has 1 aliphatic heterocycles. The van der Waals surface area contributed by atoms with Gasteiger partial charge in [0.05, 0.1) is 18.8 Å². The monoisotopic (exact) mass is 802 g/mol. The SMILES string of the molecule is N=C(NC(=O)OCC(Cl)(Cl)Cl)c1ccc(OCCCN2CCC(COc3ccc(/C(N)=C/CCC(=O)OCC(Cl)(Cl)Cl)cc3)CC2)cc1F. The van der Waals surface area contributed by atoms with Crippen LogP contribution in [0, 0.1) is 17.1 Å². The van der Waals surface area contributed by atoms with Crippen molar-refractivity contribution in [3.05, 3.63) is 65.5 Å². The van der Waals surface area contributed by atoms with Gasteiger partial charge >= 0.3 is 12.1 Å². The number of rotatable bonds is 15. The Balaban J connectivity index is 1.29. The van der Waals surface area contributed by atoms with E-state index in [9.17, 15) is 14.0 Å². The fraction of sp³-hybridized carbons (Fsp3) is 0.469. The Hall–Kier alpha value is -2.38. The van der Waals surface area contributed by atoms with E-state index in [4.69, 9.17) is 95.0 Å².